The molecule has 22 heavy (non-hydrogen) atoms. The standard InChI is InChI=1S/C15H15F3O4/c1-3-22-14(20)13(15(16,17)18)8-11(9-19)10-5-4-6-12(7-10)21-2/h4-7,13H,3,8H2,1-2H3. The molecule has 0 aliphatic rings. The van der Waals surface area contributed by atoms with Crippen LogP contribution in [0.25, 0.3) is 5.57 Å². The summed E-state index contributed by atoms with van der Waals surface area (Å²) in [4.78, 5) is 22.5. The number of ether oxygens (including phenoxy) is 2. The Kier molecular flexibility index (Phi) is 6.19. The van der Waals surface area contributed by atoms with Gasteiger partial charge in [0.25, 0.3) is 0 Å². The van der Waals surface area contributed by atoms with Crippen LogP contribution in [0.15, 0.2) is 24.3 Å². The largest absolute Gasteiger partial charge is 0.497 e. The van der Waals surface area contributed by atoms with Crippen molar-refractivity contribution in [3.8, 4) is 5.75 Å². The monoisotopic (exact) mass is 316 g/mol. The second-order valence-corrected chi connectivity index (χ2v) is 4.36. The summed E-state index contributed by atoms with van der Waals surface area (Å²) in [5.74, 6) is -1.97. The van der Waals surface area contributed by atoms with Crippen LogP contribution in [0.4, 0.5) is 13.2 Å². The highest BCUT2D eigenvalue weighted by Crippen LogP contribution is 2.34. The Bertz CT molecular complexity index is 574. The first-order chi connectivity index (χ1) is 10.3. The maximum Gasteiger partial charge on any atom is 0.402 e. The van der Waals surface area contributed by atoms with Gasteiger partial charge < -0.3 is 9.47 Å². The van der Waals surface area contributed by atoms with E-state index in [9.17, 15) is 22.8 Å². The Hall–Kier alpha value is -2.27. The maximum absolute atomic E-state index is 13.0. The number of hydrogen-bond donors (Lipinski definition) is 0. The van der Waals surface area contributed by atoms with Crippen LogP contribution in [0.1, 0.15) is 18.9 Å². The first-order valence-corrected chi connectivity index (χ1v) is 6.45. The highest BCUT2D eigenvalue weighted by atomic mass is 19.4. The molecule has 1 unspecified atom stereocenters. The van der Waals surface area contributed by atoms with Crippen LogP contribution in [0.2, 0.25) is 0 Å². The summed E-state index contributed by atoms with van der Waals surface area (Å²) in [6, 6.07) is 5.96. The van der Waals surface area contributed by atoms with E-state index in [1.807, 2.05) is 0 Å². The fourth-order valence-electron chi connectivity index (χ4n) is 1.81. The zero-order chi connectivity index (χ0) is 16.8. The van der Waals surface area contributed by atoms with Crippen LogP contribution in [0.3, 0.4) is 0 Å². The minimum absolute atomic E-state index is 0.176. The number of benzene rings is 1. The van der Waals surface area contributed by atoms with E-state index in [0.717, 1.165) is 0 Å². The van der Waals surface area contributed by atoms with Crippen molar-refractivity contribution < 1.29 is 32.2 Å². The maximum atomic E-state index is 13.0. The summed E-state index contributed by atoms with van der Waals surface area (Å²) in [6.45, 7) is 1.23. The molecule has 1 rings (SSSR count). The van der Waals surface area contributed by atoms with Crippen molar-refractivity contribution >= 4 is 17.5 Å². The molecule has 1 atom stereocenters. The topological polar surface area (TPSA) is 52.6 Å². The van der Waals surface area contributed by atoms with Crippen LogP contribution >= 0.6 is 0 Å². The Morgan fingerprint density at radius 2 is 2.05 bits per heavy atom. The first kappa shape index (κ1) is 17.8. The highest BCUT2D eigenvalue weighted by molar-refractivity contribution is 5.90. The van der Waals surface area contributed by atoms with Gasteiger partial charge >= 0.3 is 12.1 Å². The van der Waals surface area contributed by atoms with Crippen molar-refractivity contribution in [2.75, 3.05) is 13.7 Å². The molecule has 0 amide bonds. The number of carbonyl (C=O) groups is 1. The van der Waals surface area contributed by atoms with Gasteiger partial charge in [-0.15, -0.1) is 0 Å². The minimum atomic E-state index is -4.81. The summed E-state index contributed by atoms with van der Waals surface area (Å²) in [7, 11) is 1.39. The number of rotatable bonds is 6. The number of alkyl halides is 3. The Morgan fingerprint density at radius 1 is 1.36 bits per heavy atom. The molecule has 0 aromatic heterocycles. The third-order valence-electron chi connectivity index (χ3n) is 2.92. The third kappa shape index (κ3) is 4.63. The molecule has 0 saturated carbocycles. The van der Waals surface area contributed by atoms with Crippen molar-refractivity contribution in [1.29, 1.82) is 0 Å². The zero-order valence-electron chi connectivity index (χ0n) is 12.1. The van der Waals surface area contributed by atoms with Crippen LogP contribution < -0.4 is 4.74 Å². The number of halogens is 3. The van der Waals surface area contributed by atoms with Gasteiger partial charge in [-0.1, -0.05) is 12.1 Å². The van der Waals surface area contributed by atoms with E-state index in [0.29, 0.717) is 5.75 Å². The smallest absolute Gasteiger partial charge is 0.402 e. The predicted octanol–water partition coefficient (Wildman–Crippen LogP) is 3.04. The zero-order valence-corrected chi connectivity index (χ0v) is 12.1. The summed E-state index contributed by atoms with van der Waals surface area (Å²) in [5.41, 5.74) is -0.0535. The van der Waals surface area contributed by atoms with Crippen molar-refractivity contribution in [2.45, 2.75) is 19.5 Å². The van der Waals surface area contributed by atoms with Gasteiger partial charge in [0.05, 0.1) is 13.7 Å². The number of carbonyl (C=O) groups excluding carboxylic acids is 2. The van der Waals surface area contributed by atoms with Crippen molar-refractivity contribution in [3.05, 3.63) is 29.8 Å². The Labute approximate surface area is 125 Å². The molecule has 1 aromatic carbocycles. The minimum Gasteiger partial charge on any atom is -0.497 e. The summed E-state index contributed by atoms with van der Waals surface area (Å²) in [5, 5.41) is 0. The molecule has 0 saturated heterocycles. The first-order valence-electron chi connectivity index (χ1n) is 6.45. The van der Waals surface area contributed by atoms with E-state index >= 15 is 0 Å². The quantitative estimate of drug-likeness (QED) is 0.598. The summed E-state index contributed by atoms with van der Waals surface area (Å²) in [6.07, 6.45) is -5.65. The molecule has 0 fully saturated rings. The van der Waals surface area contributed by atoms with Gasteiger partial charge in [0, 0.05) is 12.0 Å². The van der Waals surface area contributed by atoms with Crippen molar-refractivity contribution in [2.24, 2.45) is 5.92 Å². The summed E-state index contributed by atoms with van der Waals surface area (Å²) < 4.78 is 48.3. The lowest BCUT2D eigenvalue weighted by atomic mass is 9.94. The van der Waals surface area contributed by atoms with E-state index in [1.165, 1.54) is 38.2 Å². The Balaban J connectivity index is 3.08. The van der Waals surface area contributed by atoms with Crippen molar-refractivity contribution in [1.82, 2.24) is 0 Å². The molecule has 0 radical (unpaired) electrons. The second kappa shape index (κ2) is 7.66. The van der Waals surface area contributed by atoms with E-state index in [2.05, 4.69) is 4.74 Å². The molecule has 4 nitrogen and oxygen atoms in total. The molecule has 7 heteroatoms. The van der Waals surface area contributed by atoms with Gasteiger partial charge in [0.15, 0.2) is 5.92 Å². The van der Waals surface area contributed by atoms with E-state index < -0.39 is 24.5 Å². The molecule has 1 aromatic rings. The van der Waals surface area contributed by atoms with Crippen LogP contribution in [-0.4, -0.2) is 31.8 Å². The number of allylic oxidation sites excluding steroid dienone is 1. The lowest BCUT2D eigenvalue weighted by Crippen LogP contribution is -2.32. The average Bonchev–Trinajstić information content (AvgIpc) is 2.47. The van der Waals surface area contributed by atoms with Crippen LogP contribution in [-0.2, 0) is 14.3 Å². The molecule has 0 spiro atoms. The lowest BCUT2D eigenvalue weighted by Gasteiger charge is -2.19. The molecule has 0 aliphatic heterocycles. The van der Waals surface area contributed by atoms with Gasteiger partial charge in [-0.2, -0.15) is 13.2 Å². The fourth-order valence-corrected chi connectivity index (χ4v) is 1.81. The SMILES string of the molecule is CCOC(=O)C(CC(=C=O)c1cccc(OC)c1)C(F)(F)F. The number of hydrogen-bond acceptors (Lipinski definition) is 4. The van der Waals surface area contributed by atoms with Gasteiger partial charge in [0.1, 0.15) is 11.7 Å². The molecular formula is C15H15F3O4. The van der Waals surface area contributed by atoms with E-state index in [1.54, 1.807) is 6.07 Å². The highest BCUT2D eigenvalue weighted by Gasteiger charge is 2.46. The molecular weight excluding hydrogens is 301 g/mol. The number of methoxy groups -OCH3 is 1. The second-order valence-electron chi connectivity index (χ2n) is 4.36. The summed E-state index contributed by atoms with van der Waals surface area (Å²) >= 11 is 0. The van der Waals surface area contributed by atoms with E-state index in [4.69, 9.17) is 4.74 Å². The molecule has 0 N–H and O–H groups in total. The third-order valence-corrected chi connectivity index (χ3v) is 2.92. The number of esters is 1. The molecule has 120 valence electrons. The van der Waals surface area contributed by atoms with Crippen LogP contribution in [0, 0.1) is 5.92 Å². The fraction of sp³-hybridized carbons (Fsp3) is 0.400. The van der Waals surface area contributed by atoms with E-state index in [-0.39, 0.29) is 17.7 Å². The van der Waals surface area contributed by atoms with Gasteiger partial charge in [0.2, 0.25) is 0 Å². The predicted molar refractivity (Wildman–Crippen MR) is 72.9 cm³/mol. The van der Waals surface area contributed by atoms with Gasteiger partial charge in [-0.3, -0.25) is 4.79 Å². The molecule has 0 heterocycles. The van der Waals surface area contributed by atoms with Crippen LogP contribution in [0.5, 0.6) is 5.75 Å². The van der Waals surface area contributed by atoms with Gasteiger partial charge in [-0.25, -0.2) is 4.79 Å². The lowest BCUT2D eigenvalue weighted by molar-refractivity contribution is -0.196. The van der Waals surface area contributed by atoms with Crippen molar-refractivity contribution in [3.63, 3.8) is 0 Å². The molecule has 0 bridgehead atoms. The Morgan fingerprint density at radius 3 is 2.55 bits per heavy atom. The normalized spacial score (nSPS) is 12.2. The average molecular weight is 316 g/mol. The molecule has 0 aliphatic carbocycles. The van der Waals surface area contributed by atoms with Gasteiger partial charge in [-0.05, 0) is 24.6 Å².